The van der Waals surface area contributed by atoms with E-state index in [9.17, 15) is 9.59 Å². The number of allylic oxidation sites excluding steroid dienone is 3. The van der Waals surface area contributed by atoms with Crippen molar-refractivity contribution in [2.24, 2.45) is 11.3 Å². The van der Waals surface area contributed by atoms with Crippen molar-refractivity contribution in [3.8, 4) is 0 Å². The third-order valence-electron chi connectivity index (χ3n) is 7.17. The molecule has 1 heterocycles. The highest BCUT2D eigenvalue weighted by atomic mass is 35.5. The summed E-state index contributed by atoms with van der Waals surface area (Å²) in [5.74, 6) is -0.0144. The minimum atomic E-state index is -0.434. The van der Waals surface area contributed by atoms with Crippen LogP contribution in [0.15, 0.2) is 36.0 Å². The first-order valence-electron chi connectivity index (χ1n) is 12.1. The van der Waals surface area contributed by atoms with Gasteiger partial charge in [-0.25, -0.2) is 0 Å². The lowest BCUT2D eigenvalue weighted by Crippen LogP contribution is -2.42. The summed E-state index contributed by atoms with van der Waals surface area (Å²) in [6.45, 7) is 13.5. The number of amides is 1. The molecule has 1 aromatic rings. The molecule has 4 nitrogen and oxygen atoms in total. The fourth-order valence-electron chi connectivity index (χ4n) is 5.02. The maximum Gasteiger partial charge on any atom is 0.307 e. The summed E-state index contributed by atoms with van der Waals surface area (Å²) in [7, 11) is 0. The molecule has 3 rings (SSSR count). The summed E-state index contributed by atoms with van der Waals surface area (Å²) in [5, 5.41) is 0.750. The van der Waals surface area contributed by atoms with Crippen LogP contribution >= 0.6 is 11.6 Å². The molecule has 0 saturated heterocycles. The summed E-state index contributed by atoms with van der Waals surface area (Å²) in [5.41, 5.74) is 4.58. The first-order chi connectivity index (χ1) is 15.5. The van der Waals surface area contributed by atoms with Crippen LogP contribution in [0.2, 0.25) is 5.02 Å². The topological polar surface area (TPSA) is 46.6 Å². The lowest BCUT2D eigenvalue weighted by atomic mass is 9.68. The number of nitrogens with zero attached hydrogens (tertiary/aromatic N) is 1. The van der Waals surface area contributed by atoms with Gasteiger partial charge in [0.15, 0.2) is 0 Å². The number of carbonyl (C=O) groups excluding carboxylic acids is 2. The van der Waals surface area contributed by atoms with Crippen molar-refractivity contribution >= 4 is 29.1 Å². The van der Waals surface area contributed by atoms with E-state index in [4.69, 9.17) is 16.3 Å². The molecule has 0 saturated carbocycles. The normalized spacial score (nSPS) is 22.8. The van der Waals surface area contributed by atoms with Gasteiger partial charge >= 0.3 is 5.97 Å². The van der Waals surface area contributed by atoms with E-state index < -0.39 is 5.41 Å². The molecule has 1 aliphatic heterocycles. The Balaban J connectivity index is 1.89. The van der Waals surface area contributed by atoms with Crippen molar-refractivity contribution in [2.75, 3.05) is 13.2 Å². The summed E-state index contributed by atoms with van der Waals surface area (Å²) in [4.78, 5) is 26.5. The van der Waals surface area contributed by atoms with Crippen LogP contribution < -0.4 is 0 Å². The molecule has 0 radical (unpaired) electrons. The Bertz CT molecular complexity index is 975. The van der Waals surface area contributed by atoms with E-state index in [-0.39, 0.29) is 24.2 Å². The number of benzene rings is 1. The fourth-order valence-corrected chi connectivity index (χ4v) is 5.32. The van der Waals surface area contributed by atoms with Crippen molar-refractivity contribution in [1.29, 1.82) is 0 Å². The minimum Gasteiger partial charge on any atom is -0.466 e. The van der Waals surface area contributed by atoms with Gasteiger partial charge in [-0.1, -0.05) is 64.4 Å². The summed E-state index contributed by atoms with van der Waals surface area (Å²) >= 11 is 6.81. The average Bonchev–Trinajstić information content (AvgIpc) is 2.73. The Morgan fingerprint density at radius 2 is 1.97 bits per heavy atom. The van der Waals surface area contributed by atoms with Crippen molar-refractivity contribution in [3.63, 3.8) is 0 Å². The van der Waals surface area contributed by atoms with Crippen molar-refractivity contribution in [3.05, 3.63) is 52.2 Å². The molecule has 1 aromatic carbocycles. The molecule has 5 heteroatoms. The standard InChI is InChI=1S/C28H38ClNO3/c1-7-33-26(32)12-15-30-18-23(19(2)3)28(6,17-25(30)31)21-8-9-22(24(29)16-21)20-10-13-27(4,5)14-11-20/h8-10,16,18-19H,7,11-15,17H2,1-6H3. The smallest absolute Gasteiger partial charge is 0.307 e. The van der Waals surface area contributed by atoms with E-state index >= 15 is 0 Å². The first kappa shape index (κ1) is 25.6. The Morgan fingerprint density at radius 3 is 2.55 bits per heavy atom. The van der Waals surface area contributed by atoms with Crippen LogP contribution in [-0.2, 0) is 19.7 Å². The monoisotopic (exact) mass is 471 g/mol. The highest BCUT2D eigenvalue weighted by molar-refractivity contribution is 6.32. The molecular weight excluding hydrogens is 434 g/mol. The molecular formula is C28H38ClNO3. The Hall–Kier alpha value is -2.07. The van der Waals surface area contributed by atoms with E-state index in [0.29, 0.717) is 25.0 Å². The molecule has 1 amide bonds. The average molecular weight is 472 g/mol. The van der Waals surface area contributed by atoms with Crippen LogP contribution in [-0.4, -0.2) is 29.9 Å². The molecule has 180 valence electrons. The van der Waals surface area contributed by atoms with Crippen LogP contribution in [0.3, 0.4) is 0 Å². The predicted molar refractivity (Wildman–Crippen MR) is 135 cm³/mol. The zero-order chi connectivity index (χ0) is 24.4. The van der Waals surface area contributed by atoms with Crippen molar-refractivity contribution < 1.29 is 14.3 Å². The van der Waals surface area contributed by atoms with Crippen LogP contribution in [0, 0.1) is 11.3 Å². The molecule has 2 aliphatic rings. The predicted octanol–water partition coefficient (Wildman–Crippen LogP) is 6.92. The quantitative estimate of drug-likeness (QED) is 0.405. The zero-order valence-electron chi connectivity index (χ0n) is 21.0. The van der Waals surface area contributed by atoms with Gasteiger partial charge in [-0.15, -0.1) is 0 Å². The Labute approximate surface area is 204 Å². The minimum absolute atomic E-state index is 0.0172. The van der Waals surface area contributed by atoms with Gasteiger partial charge in [0, 0.05) is 29.6 Å². The second kappa shape index (κ2) is 10.0. The third kappa shape index (κ3) is 5.71. The van der Waals surface area contributed by atoms with Crippen LogP contribution in [0.1, 0.15) is 84.8 Å². The van der Waals surface area contributed by atoms with Crippen LogP contribution in [0.4, 0.5) is 0 Å². The number of hydrogen-bond acceptors (Lipinski definition) is 3. The van der Waals surface area contributed by atoms with Gasteiger partial charge in [-0.3, -0.25) is 9.59 Å². The van der Waals surface area contributed by atoms with Crippen LogP contribution in [0.5, 0.6) is 0 Å². The third-order valence-corrected chi connectivity index (χ3v) is 7.48. The molecule has 1 unspecified atom stereocenters. The van der Waals surface area contributed by atoms with Gasteiger partial charge in [0.05, 0.1) is 13.0 Å². The summed E-state index contributed by atoms with van der Waals surface area (Å²) in [6.07, 6.45) is 8.09. The number of rotatable bonds is 7. The van der Waals surface area contributed by atoms with E-state index in [0.717, 1.165) is 35.4 Å². The van der Waals surface area contributed by atoms with E-state index in [2.05, 4.69) is 58.9 Å². The molecule has 0 spiro atoms. The largest absolute Gasteiger partial charge is 0.466 e. The van der Waals surface area contributed by atoms with Crippen molar-refractivity contribution in [1.82, 2.24) is 4.90 Å². The fraction of sp³-hybridized carbons (Fsp3) is 0.571. The molecule has 0 bridgehead atoms. The lowest BCUT2D eigenvalue weighted by molar-refractivity contribution is -0.143. The van der Waals surface area contributed by atoms with Gasteiger partial charge in [-0.2, -0.15) is 0 Å². The summed E-state index contributed by atoms with van der Waals surface area (Å²) < 4.78 is 5.02. The SMILES string of the molecule is CCOC(=O)CCN1C=C(C(C)C)C(C)(c2ccc(C3=CCC(C)(C)CC3)c(Cl)c2)CC1=O. The number of carbonyl (C=O) groups is 2. The molecule has 33 heavy (non-hydrogen) atoms. The second-order valence-electron chi connectivity index (χ2n) is 10.7. The van der Waals surface area contributed by atoms with E-state index in [1.54, 1.807) is 11.8 Å². The van der Waals surface area contributed by atoms with Crippen LogP contribution in [0.25, 0.3) is 5.57 Å². The number of hydrogen-bond donors (Lipinski definition) is 0. The zero-order valence-corrected chi connectivity index (χ0v) is 21.7. The Kier molecular flexibility index (Phi) is 7.78. The molecule has 0 aromatic heterocycles. The molecule has 0 fully saturated rings. The number of ether oxygens (including phenoxy) is 1. The van der Waals surface area contributed by atoms with Gasteiger partial charge < -0.3 is 9.64 Å². The van der Waals surface area contributed by atoms with Crippen molar-refractivity contribution in [2.45, 2.75) is 79.1 Å². The van der Waals surface area contributed by atoms with Gasteiger partial charge in [0.25, 0.3) is 0 Å². The second-order valence-corrected chi connectivity index (χ2v) is 11.1. The molecule has 1 aliphatic carbocycles. The maximum absolute atomic E-state index is 13.1. The maximum atomic E-state index is 13.1. The van der Waals surface area contributed by atoms with E-state index in [1.807, 2.05) is 6.20 Å². The molecule has 1 atom stereocenters. The highest BCUT2D eigenvalue weighted by Gasteiger charge is 2.40. The van der Waals surface area contributed by atoms with Gasteiger partial charge in [-0.05, 0) is 65.9 Å². The molecule has 0 N–H and O–H groups in total. The number of esters is 1. The highest BCUT2D eigenvalue weighted by Crippen LogP contribution is 2.45. The number of halogens is 1. The van der Waals surface area contributed by atoms with Gasteiger partial charge in [0.1, 0.15) is 0 Å². The first-order valence-corrected chi connectivity index (χ1v) is 12.5. The summed E-state index contributed by atoms with van der Waals surface area (Å²) in [6, 6.07) is 6.32. The van der Waals surface area contributed by atoms with E-state index in [1.165, 1.54) is 11.1 Å². The Morgan fingerprint density at radius 1 is 1.24 bits per heavy atom. The van der Waals surface area contributed by atoms with Gasteiger partial charge in [0.2, 0.25) is 5.91 Å². The lowest BCUT2D eigenvalue weighted by Gasteiger charge is -2.41.